The average Bonchev–Trinajstić information content (AvgIpc) is 2.91. The minimum atomic E-state index is 0.148. The van der Waals surface area contributed by atoms with Gasteiger partial charge in [0.05, 0.1) is 12.6 Å². The molecule has 0 atom stereocenters. The number of hydrogen-bond acceptors (Lipinski definition) is 2. The Kier molecular flexibility index (Phi) is 3.47. The molecule has 3 N–H and O–H groups in total. The van der Waals surface area contributed by atoms with Crippen LogP contribution in [0.1, 0.15) is 43.2 Å². The molecule has 0 saturated heterocycles. The van der Waals surface area contributed by atoms with Crippen LogP contribution < -0.4 is 10.5 Å². The Morgan fingerprint density at radius 3 is 2.65 bits per heavy atom. The van der Waals surface area contributed by atoms with Crippen molar-refractivity contribution in [1.29, 1.82) is 0 Å². The Balaban J connectivity index is 2.18. The van der Waals surface area contributed by atoms with Gasteiger partial charge >= 0.3 is 0 Å². The lowest BCUT2D eigenvalue weighted by Gasteiger charge is -2.36. The number of ether oxygens (including phenoxy) is 1. The molecule has 1 aromatic carbocycles. The van der Waals surface area contributed by atoms with Gasteiger partial charge in [-0.1, -0.05) is 19.3 Å². The van der Waals surface area contributed by atoms with Gasteiger partial charge in [0.1, 0.15) is 5.75 Å². The quantitative estimate of drug-likeness (QED) is 0.896. The van der Waals surface area contributed by atoms with E-state index in [1.807, 2.05) is 0 Å². The molecule has 0 unspecified atom stereocenters. The van der Waals surface area contributed by atoms with Gasteiger partial charge in [-0.15, -0.1) is 0 Å². The van der Waals surface area contributed by atoms with Crippen LogP contribution in [-0.4, -0.2) is 18.6 Å². The summed E-state index contributed by atoms with van der Waals surface area (Å²) >= 11 is 0. The summed E-state index contributed by atoms with van der Waals surface area (Å²) in [5.41, 5.74) is 10.1. The lowest BCUT2D eigenvalue weighted by atomic mass is 9.69. The third-order valence-electron chi connectivity index (χ3n) is 4.89. The molecule has 1 fully saturated rings. The first-order valence-electron chi connectivity index (χ1n) is 7.56. The lowest BCUT2D eigenvalue weighted by Crippen LogP contribution is -2.36. The van der Waals surface area contributed by atoms with Crippen molar-refractivity contribution in [3.63, 3.8) is 0 Å². The summed E-state index contributed by atoms with van der Waals surface area (Å²) in [7, 11) is 1.73. The molecule has 20 heavy (non-hydrogen) atoms. The van der Waals surface area contributed by atoms with Gasteiger partial charge in [0.25, 0.3) is 0 Å². The van der Waals surface area contributed by atoms with E-state index in [0.29, 0.717) is 0 Å². The molecule has 1 aliphatic carbocycles. The zero-order valence-corrected chi connectivity index (χ0v) is 12.5. The molecule has 0 amide bonds. The number of fused-ring (bicyclic) bond motifs is 1. The van der Waals surface area contributed by atoms with Crippen LogP contribution in [0.5, 0.6) is 5.75 Å². The molecule has 108 valence electrons. The Morgan fingerprint density at radius 1 is 1.25 bits per heavy atom. The number of rotatable bonds is 3. The van der Waals surface area contributed by atoms with E-state index in [-0.39, 0.29) is 5.41 Å². The first-order valence-corrected chi connectivity index (χ1v) is 7.56. The van der Waals surface area contributed by atoms with Crippen molar-refractivity contribution in [3.05, 3.63) is 29.5 Å². The van der Waals surface area contributed by atoms with E-state index >= 15 is 0 Å². The predicted octanol–water partition coefficient (Wildman–Crippen LogP) is 3.65. The Hall–Kier alpha value is -1.48. The Morgan fingerprint density at radius 2 is 2.00 bits per heavy atom. The fourth-order valence-corrected chi connectivity index (χ4v) is 3.75. The van der Waals surface area contributed by atoms with Gasteiger partial charge in [0.2, 0.25) is 0 Å². The number of benzene rings is 1. The van der Waals surface area contributed by atoms with Gasteiger partial charge in [-0.3, -0.25) is 0 Å². The molecular weight excluding hydrogens is 248 g/mol. The van der Waals surface area contributed by atoms with Gasteiger partial charge in [0.15, 0.2) is 0 Å². The van der Waals surface area contributed by atoms with Gasteiger partial charge in [-0.25, -0.2) is 0 Å². The topological polar surface area (TPSA) is 51.0 Å². The standard InChI is InChI=1S/C17H24N2O/c1-12-8-13-14(10-19-16(13)15(9-12)20-2)17(11-18)6-4-3-5-7-17/h8-10,19H,3-7,11,18H2,1-2H3. The second-order valence-corrected chi connectivity index (χ2v) is 6.14. The number of methoxy groups -OCH3 is 1. The summed E-state index contributed by atoms with van der Waals surface area (Å²) in [5.74, 6) is 0.925. The fourth-order valence-electron chi connectivity index (χ4n) is 3.75. The molecular formula is C17H24N2O. The van der Waals surface area contributed by atoms with Crippen LogP contribution in [0.3, 0.4) is 0 Å². The molecule has 0 aliphatic heterocycles. The second-order valence-electron chi connectivity index (χ2n) is 6.14. The number of aryl methyl sites for hydroxylation is 1. The summed E-state index contributed by atoms with van der Waals surface area (Å²) in [6.07, 6.45) is 8.47. The largest absolute Gasteiger partial charge is 0.495 e. The number of aromatic nitrogens is 1. The number of aromatic amines is 1. The van der Waals surface area contributed by atoms with Crippen LogP contribution in [0.4, 0.5) is 0 Å². The van der Waals surface area contributed by atoms with E-state index < -0.39 is 0 Å². The van der Waals surface area contributed by atoms with Crippen molar-refractivity contribution in [2.75, 3.05) is 13.7 Å². The van der Waals surface area contributed by atoms with Crippen LogP contribution >= 0.6 is 0 Å². The summed E-state index contributed by atoms with van der Waals surface area (Å²) in [5, 5.41) is 1.29. The first-order chi connectivity index (χ1) is 9.70. The minimum Gasteiger partial charge on any atom is -0.495 e. The molecule has 0 bridgehead atoms. The molecule has 1 aromatic heterocycles. The maximum atomic E-state index is 6.18. The molecule has 1 aliphatic rings. The smallest absolute Gasteiger partial charge is 0.143 e. The number of hydrogen-bond donors (Lipinski definition) is 2. The van der Waals surface area contributed by atoms with Crippen LogP contribution in [-0.2, 0) is 5.41 Å². The maximum Gasteiger partial charge on any atom is 0.143 e. The summed E-state index contributed by atoms with van der Waals surface area (Å²) in [4.78, 5) is 3.41. The van der Waals surface area contributed by atoms with Crippen molar-refractivity contribution in [2.24, 2.45) is 5.73 Å². The number of nitrogens with two attached hydrogens (primary N) is 1. The van der Waals surface area contributed by atoms with Gasteiger partial charge in [-0.2, -0.15) is 0 Å². The highest BCUT2D eigenvalue weighted by atomic mass is 16.5. The molecule has 1 heterocycles. The molecule has 3 nitrogen and oxygen atoms in total. The highest BCUT2D eigenvalue weighted by Crippen LogP contribution is 2.43. The van der Waals surface area contributed by atoms with Gasteiger partial charge < -0.3 is 15.5 Å². The zero-order chi connectivity index (χ0) is 14.2. The van der Waals surface area contributed by atoms with Gasteiger partial charge in [-0.05, 0) is 43.0 Å². The summed E-state index contributed by atoms with van der Waals surface area (Å²) in [6.45, 7) is 2.85. The van der Waals surface area contributed by atoms with E-state index in [1.165, 1.54) is 48.6 Å². The SMILES string of the molecule is COc1cc(C)cc2c(C3(CN)CCCCC3)c[nH]c12. The highest BCUT2D eigenvalue weighted by molar-refractivity contribution is 5.90. The highest BCUT2D eigenvalue weighted by Gasteiger charge is 2.34. The summed E-state index contributed by atoms with van der Waals surface area (Å²) < 4.78 is 5.51. The first kappa shape index (κ1) is 13.5. The maximum absolute atomic E-state index is 6.18. The normalized spacial score (nSPS) is 18.4. The van der Waals surface area contributed by atoms with E-state index in [2.05, 4.69) is 30.2 Å². The molecule has 0 spiro atoms. The average molecular weight is 272 g/mol. The predicted molar refractivity (Wildman–Crippen MR) is 83.4 cm³/mol. The molecule has 3 heteroatoms. The van der Waals surface area contributed by atoms with Crippen LogP contribution in [0, 0.1) is 6.92 Å². The van der Waals surface area contributed by atoms with Crippen molar-refractivity contribution in [2.45, 2.75) is 44.4 Å². The lowest BCUT2D eigenvalue weighted by molar-refractivity contribution is 0.303. The minimum absolute atomic E-state index is 0.148. The third kappa shape index (κ3) is 2.01. The number of H-pyrrole nitrogens is 1. The zero-order valence-electron chi connectivity index (χ0n) is 12.5. The third-order valence-corrected chi connectivity index (χ3v) is 4.89. The van der Waals surface area contributed by atoms with E-state index in [9.17, 15) is 0 Å². The monoisotopic (exact) mass is 272 g/mol. The van der Waals surface area contributed by atoms with Crippen molar-refractivity contribution in [3.8, 4) is 5.75 Å². The van der Waals surface area contributed by atoms with Crippen LogP contribution in [0.15, 0.2) is 18.3 Å². The molecule has 3 rings (SSSR count). The van der Waals surface area contributed by atoms with Crippen molar-refractivity contribution >= 4 is 10.9 Å². The Labute approximate surface area is 120 Å². The van der Waals surface area contributed by atoms with Crippen LogP contribution in [0.2, 0.25) is 0 Å². The Bertz CT molecular complexity index is 609. The second kappa shape index (κ2) is 5.13. The molecule has 1 saturated carbocycles. The number of nitrogens with one attached hydrogen (secondary N) is 1. The fraction of sp³-hybridized carbons (Fsp3) is 0.529. The van der Waals surface area contributed by atoms with E-state index in [4.69, 9.17) is 10.5 Å². The van der Waals surface area contributed by atoms with E-state index in [0.717, 1.165) is 17.8 Å². The van der Waals surface area contributed by atoms with E-state index in [1.54, 1.807) is 7.11 Å². The van der Waals surface area contributed by atoms with Crippen molar-refractivity contribution in [1.82, 2.24) is 4.98 Å². The molecule has 0 radical (unpaired) electrons. The van der Waals surface area contributed by atoms with Crippen LogP contribution in [0.25, 0.3) is 10.9 Å². The summed E-state index contributed by atoms with van der Waals surface area (Å²) in [6, 6.07) is 4.34. The molecule has 2 aromatic rings. The van der Waals surface area contributed by atoms with Gasteiger partial charge in [0, 0.05) is 23.5 Å². The van der Waals surface area contributed by atoms with Crippen molar-refractivity contribution < 1.29 is 4.74 Å².